The zero-order valence-corrected chi connectivity index (χ0v) is 11.7. The maximum absolute atomic E-state index is 12.1. The lowest BCUT2D eigenvalue weighted by atomic mass is 9.97. The summed E-state index contributed by atoms with van der Waals surface area (Å²) in [6.45, 7) is 5.51. The van der Waals surface area contributed by atoms with E-state index >= 15 is 0 Å². The maximum Gasteiger partial charge on any atom is 0.258 e. The number of fused-ring (bicyclic) bond motifs is 1. The molecule has 4 nitrogen and oxygen atoms in total. The fourth-order valence-corrected chi connectivity index (χ4v) is 2.03. The van der Waals surface area contributed by atoms with Gasteiger partial charge in [0.2, 0.25) is 0 Å². The Morgan fingerprint density at radius 2 is 2.11 bits per heavy atom. The van der Waals surface area contributed by atoms with Gasteiger partial charge in [0, 0.05) is 6.42 Å². The molecule has 0 spiro atoms. The summed E-state index contributed by atoms with van der Waals surface area (Å²) in [5.74, 6) is 0.732. The Labute approximate surface area is 112 Å². The summed E-state index contributed by atoms with van der Waals surface area (Å²) in [6.07, 6.45) is 2.87. The Balaban J connectivity index is 2.51. The molecule has 0 amide bonds. The molecular weight excluding hydrogens is 240 g/mol. The lowest BCUT2D eigenvalue weighted by Crippen LogP contribution is -2.17. The molecule has 19 heavy (non-hydrogen) atoms. The first-order valence-electron chi connectivity index (χ1n) is 6.67. The number of nitrogens with one attached hydrogen (secondary N) is 1. The molecule has 1 aromatic carbocycles. The molecule has 2 N–H and O–H groups in total. The highest BCUT2D eigenvalue weighted by molar-refractivity contribution is 5.78. The molecule has 2 rings (SSSR count). The van der Waals surface area contributed by atoms with Gasteiger partial charge in [-0.3, -0.25) is 4.79 Å². The van der Waals surface area contributed by atoms with E-state index in [4.69, 9.17) is 0 Å². The van der Waals surface area contributed by atoms with Crippen molar-refractivity contribution in [1.82, 2.24) is 9.97 Å². The number of hydrogen-bond acceptors (Lipinski definition) is 3. The van der Waals surface area contributed by atoms with Crippen molar-refractivity contribution in [3.05, 3.63) is 39.9 Å². The summed E-state index contributed by atoms with van der Waals surface area (Å²) in [7, 11) is 0. The number of aliphatic hydroxyl groups is 1. The molecule has 4 heteroatoms. The Bertz CT molecular complexity index is 639. The highest BCUT2D eigenvalue weighted by Gasteiger charge is 2.17. The van der Waals surface area contributed by atoms with E-state index in [1.54, 1.807) is 26.0 Å². The minimum atomic E-state index is -0.957. The van der Waals surface area contributed by atoms with Crippen molar-refractivity contribution in [1.29, 1.82) is 0 Å². The number of H-pyrrole nitrogens is 1. The number of aryl methyl sites for hydroxylation is 1. The summed E-state index contributed by atoms with van der Waals surface area (Å²) in [5, 5.41) is 10.5. The van der Waals surface area contributed by atoms with Crippen molar-refractivity contribution < 1.29 is 5.11 Å². The Kier molecular flexibility index (Phi) is 3.71. The number of benzene rings is 1. The van der Waals surface area contributed by atoms with Crippen LogP contribution in [0, 0.1) is 0 Å². The van der Waals surface area contributed by atoms with Crippen LogP contribution in [-0.4, -0.2) is 15.1 Å². The second-order valence-electron chi connectivity index (χ2n) is 5.41. The first kappa shape index (κ1) is 13.7. The van der Waals surface area contributed by atoms with Gasteiger partial charge in [-0.25, -0.2) is 4.98 Å². The van der Waals surface area contributed by atoms with Crippen molar-refractivity contribution >= 4 is 10.9 Å². The standard InChI is InChI=1S/C15H20N2O2/c1-4-5-6-13-16-12-8-7-10(15(2,3)19)9-11(12)14(18)17-13/h7-9,19H,4-6H2,1-3H3,(H,16,17,18). The monoisotopic (exact) mass is 260 g/mol. The summed E-state index contributed by atoms with van der Waals surface area (Å²) < 4.78 is 0. The van der Waals surface area contributed by atoms with Gasteiger partial charge in [0.1, 0.15) is 5.82 Å². The van der Waals surface area contributed by atoms with Crippen LogP contribution in [0.15, 0.2) is 23.0 Å². The number of nitrogens with zero attached hydrogens (tertiary/aromatic N) is 1. The Morgan fingerprint density at radius 3 is 2.74 bits per heavy atom. The molecule has 0 atom stereocenters. The average molecular weight is 260 g/mol. The van der Waals surface area contributed by atoms with Gasteiger partial charge in [-0.05, 0) is 38.0 Å². The summed E-state index contributed by atoms with van der Waals surface area (Å²) in [4.78, 5) is 19.3. The first-order chi connectivity index (χ1) is 8.91. The van der Waals surface area contributed by atoms with Crippen molar-refractivity contribution in [3.63, 3.8) is 0 Å². The zero-order valence-electron chi connectivity index (χ0n) is 11.7. The molecule has 0 aliphatic heterocycles. The normalized spacial score (nSPS) is 12.0. The minimum absolute atomic E-state index is 0.137. The third-order valence-electron chi connectivity index (χ3n) is 3.23. The molecule has 2 aromatic rings. The summed E-state index contributed by atoms with van der Waals surface area (Å²) >= 11 is 0. The second-order valence-corrected chi connectivity index (χ2v) is 5.41. The van der Waals surface area contributed by atoms with E-state index in [-0.39, 0.29) is 5.56 Å². The van der Waals surface area contributed by atoms with Gasteiger partial charge in [0.15, 0.2) is 0 Å². The third-order valence-corrected chi connectivity index (χ3v) is 3.23. The van der Waals surface area contributed by atoms with E-state index in [1.165, 1.54) is 0 Å². The van der Waals surface area contributed by atoms with Gasteiger partial charge < -0.3 is 10.1 Å². The van der Waals surface area contributed by atoms with Gasteiger partial charge in [-0.2, -0.15) is 0 Å². The van der Waals surface area contributed by atoms with Crippen LogP contribution < -0.4 is 5.56 Å². The molecule has 0 fully saturated rings. The highest BCUT2D eigenvalue weighted by atomic mass is 16.3. The summed E-state index contributed by atoms with van der Waals surface area (Å²) in [6, 6.07) is 5.33. The molecule has 0 aliphatic rings. The van der Waals surface area contributed by atoms with Crippen molar-refractivity contribution in [2.75, 3.05) is 0 Å². The molecule has 0 aliphatic carbocycles. The molecule has 1 aromatic heterocycles. The number of unbranched alkanes of at least 4 members (excludes halogenated alkanes) is 1. The van der Waals surface area contributed by atoms with Crippen molar-refractivity contribution in [3.8, 4) is 0 Å². The fraction of sp³-hybridized carbons (Fsp3) is 0.467. The molecule has 0 bridgehead atoms. The molecular formula is C15H20N2O2. The zero-order chi connectivity index (χ0) is 14.0. The van der Waals surface area contributed by atoms with Crippen LogP contribution in [0.2, 0.25) is 0 Å². The molecule has 102 valence electrons. The van der Waals surface area contributed by atoms with Gasteiger partial charge in [0.05, 0.1) is 16.5 Å². The lowest BCUT2D eigenvalue weighted by molar-refractivity contribution is 0.0787. The minimum Gasteiger partial charge on any atom is -0.386 e. The molecule has 0 unspecified atom stereocenters. The van der Waals surface area contributed by atoms with Crippen LogP contribution in [0.5, 0.6) is 0 Å². The number of hydrogen-bond donors (Lipinski definition) is 2. The number of aromatic amines is 1. The Hall–Kier alpha value is -1.68. The topological polar surface area (TPSA) is 66.0 Å². The van der Waals surface area contributed by atoms with Crippen LogP contribution in [0.1, 0.15) is 45.0 Å². The number of aromatic nitrogens is 2. The predicted molar refractivity (Wildman–Crippen MR) is 76.2 cm³/mol. The van der Waals surface area contributed by atoms with Gasteiger partial charge in [-0.1, -0.05) is 19.4 Å². The van der Waals surface area contributed by atoms with E-state index in [0.29, 0.717) is 16.5 Å². The van der Waals surface area contributed by atoms with Crippen LogP contribution in [-0.2, 0) is 12.0 Å². The lowest BCUT2D eigenvalue weighted by Gasteiger charge is -2.17. The predicted octanol–water partition coefficient (Wildman–Crippen LogP) is 2.49. The molecule has 1 heterocycles. The van der Waals surface area contributed by atoms with E-state index in [0.717, 1.165) is 25.1 Å². The maximum atomic E-state index is 12.1. The molecule has 0 radical (unpaired) electrons. The van der Waals surface area contributed by atoms with Gasteiger partial charge in [-0.15, -0.1) is 0 Å². The van der Waals surface area contributed by atoms with E-state index < -0.39 is 5.60 Å². The largest absolute Gasteiger partial charge is 0.386 e. The Morgan fingerprint density at radius 1 is 1.37 bits per heavy atom. The van der Waals surface area contributed by atoms with Crippen LogP contribution in [0.4, 0.5) is 0 Å². The third kappa shape index (κ3) is 3.01. The van der Waals surface area contributed by atoms with Crippen LogP contribution in [0.25, 0.3) is 10.9 Å². The van der Waals surface area contributed by atoms with Crippen molar-refractivity contribution in [2.45, 2.75) is 45.6 Å². The number of rotatable bonds is 4. The first-order valence-corrected chi connectivity index (χ1v) is 6.67. The quantitative estimate of drug-likeness (QED) is 0.887. The molecule has 0 saturated carbocycles. The van der Waals surface area contributed by atoms with Gasteiger partial charge in [0.25, 0.3) is 5.56 Å². The average Bonchev–Trinajstić information content (AvgIpc) is 2.35. The smallest absolute Gasteiger partial charge is 0.258 e. The van der Waals surface area contributed by atoms with Crippen molar-refractivity contribution in [2.24, 2.45) is 0 Å². The SMILES string of the molecule is CCCCc1nc2ccc(C(C)(C)O)cc2c(=O)[nH]1. The van der Waals surface area contributed by atoms with E-state index in [9.17, 15) is 9.90 Å². The van der Waals surface area contributed by atoms with Crippen LogP contribution in [0.3, 0.4) is 0 Å². The van der Waals surface area contributed by atoms with E-state index in [2.05, 4.69) is 16.9 Å². The second kappa shape index (κ2) is 5.13. The van der Waals surface area contributed by atoms with Crippen LogP contribution >= 0.6 is 0 Å². The fourth-order valence-electron chi connectivity index (χ4n) is 2.03. The van der Waals surface area contributed by atoms with Gasteiger partial charge >= 0.3 is 0 Å². The molecule has 0 saturated heterocycles. The van der Waals surface area contributed by atoms with E-state index in [1.807, 2.05) is 6.07 Å². The summed E-state index contributed by atoms with van der Waals surface area (Å²) in [5.41, 5.74) is 0.306. The highest BCUT2D eigenvalue weighted by Crippen LogP contribution is 2.22.